The summed E-state index contributed by atoms with van der Waals surface area (Å²) >= 11 is 0. The van der Waals surface area contributed by atoms with Gasteiger partial charge in [-0.1, -0.05) is 0 Å². The molecular formula is C19H21N5O. The maximum absolute atomic E-state index is 5.84. The minimum atomic E-state index is 0.103. The molecule has 0 aliphatic carbocycles. The summed E-state index contributed by atoms with van der Waals surface area (Å²) in [5, 5.41) is 3.20. The summed E-state index contributed by atoms with van der Waals surface area (Å²) in [7, 11) is 0. The van der Waals surface area contributed by atoms with E-state index in [4.69, 9.17) is 4.74 Å². The molecule has 0 aromatic carbocycles. The van der Waals surface area contributed by atoms with Crippen LogP contribution >= 0.6 is 0 Å². The van der Waals surface area contributed by atoms with Crippen LogP contribution in [0.15, 0.2) is 42.9 Å². The van der Waals surface area contributed by atoms with E-state index in [1.807, 2.05) is 58.2 Å². The number of hydrogen-bond donors (Lipinski definition) is 1. The molecule has 0 saturated carbocycles. The van der Waals surface area contributed by atoms with Gasteiger partial charge in [-0.2, -0.15) is 0 Å². The van der Waals surface area contributed by atoms with Crippen molar-refractivity contribution in [2.24, 2.45) is 0 Å². The average Bonchev–Trinajstić information content (AvgIpc) is 2.57. The van der Waals surface area contributed by atoms with E-state index >= 15 is 0 Å². The molecule has 0 unspecified atom stereocenters. The van der Waals surface area contributed by atoms with Gasteiger partial charge >= 0.3 is 0 Å². The topological polar surface area (TPSA) is 72.8 Å². The van der Waals surface area contributed by atoms with Crippen molar-refractivity contribution in [3.63, 3.8) is 0 Å². The Morgan fingerprint density at radius 2 is 1.72 bits per heavy atom. The summed E-state index contributed by atoms with van der Waals surface area (Å²) in [6, 6.07) is 7.73. The fourth-order valence-electron chi connectivity index (χ4n) is 2.38. The highest BCUT2D eigenvalue weighted by Gasteiger charge is 2.08. The van der Waals surface area contributed by atoms with Crippen LogP contribution in [0.1, 0.15) is 25.4 Å². The van der Waals surface area contributed by atoms with Gasteiger partial charge in [0.25, 0.3) is 0 Å². The monoisotopic (exact) mass is 335 g/mol. The molecule has 128 valence electrons. The van der Waals surface area contributed by atoms with Crippen molar-refractivity contribution in [3.8, 4) is 16.9 Å². The van der Waals surface area contributed by atoms with Crippen molar-refractivity contribution in [2.45, 2.75) is 33.8 Å². The van der Waals surface area contributed by atoms with Crippen molar-refractivity contribution >= 4 is 11.6 Å². The van der Waals surface area contributed by atoms with E-state index in [2.05, 4.69) is 25.3 Å². The standard InChI is InChI=1S/C19H21N5O/c1-12(2)25-17-9-16(11-22-13(17)3)15-5-7-21-19(10-15)24-18-6-8-20-14(4)23-18/h5-12H,1-4H3,(H,20,21,23,24). The molecule has 0 fully saturated rings. The number of nitrogens with zero attached hydrogens (tertiary/aromatic N) is 4. The zero-order valence-corrected chi connectivity index (χ0v) is 14.8. The van der Waals surface area contributed by atoms with Crippen molar-refractivity contribution in [2.75, 3.05) is 5.32 Å². The molecular weight excluding hydrogens is 314 g/mol. The fraction of sp³-hybridized carbons (Fsp3) is 0.263. The van der Waals surface area contributed by atoms with Gasteiger partial charge in [0.05, 0.1) is 11.8 Å². The van der Waals surface area contributed by atoms with Crippen LogP contribution in [0, 0.1) is 13.8 Å². The van der Waals surface area contributed by atoms with Gasteiger partial charge in [0.1, 0.15) is 23.2 Å². The van der Waals surface area contributed by atoms with E-state index in [9.17, 15) is 0 Å². The number of pyridine rings is 2. The Morgan fingerprint density at radius 1 is 0.920 bits per heavy atom. The molecule has 6 nitrogen and oxygen atoms in total. The average molecular weight is 335 g/mol. The number of anilines is 2. The number of hydrogen-bond acceptors (Lipinski definition) is 6. The molecule has 0 amide bonds. The van der Waals surface area contributed by atoms with Crippen molar-refractivity contribution in [3.05, 3.63) is 54.4 Å². The molecule has 0 spiro atoms. The maximum atomic E-state index is 5.84. The second-order valence-corrected chi connectivity index (χ2v) is 6.02. The van der Waals surface area contributed by atoms with Crippen LogP contribution in [-0.2, 0) is 0 Å². The summed E-state index contributed by atoms with van der Waals surface area (Å²) in [6.45, 7) is 7.80. The number of rotatable bonds is 5. The van der Waals surface area contributed by atoms with Gasteiger partial charge in [0.15, 0.2) is 0 Å². The summed E-state index contributed by atoms with van der Waals surface area (Å²) < 4.78 is 5.84. The normalized spacial score (nSPS) is 10.8. The zero-order chi connectivity index (χ0) is 17.8. The fourth-order valence-corrected chi connectivity index (χ4v) is 2.38. The van der Waals surface area contributed by atoms with Crippen LogP contribution in [0.25, 0.3) is 11.1 Å². The molecule has 3 heterocycles. The quantitative estimate of drug-likeness (QED) is 0.757. The van der Waals surface area contributed by atoms with Gasteiger partial charge in [-0.25, -0.2) is 15.0 Å². The smallest absolute Gasteiger partial charge is 0.141 e. The van der Waals surface area contributed by atoms with E-state index in [-0.39, 0.29) is 6.10 Å². The lowest BCUT2D eigenvalue weighted by atomic mass is 10.1. The van der Waals surface area contributed by atoms with Gasteiger partial charge in [-0.15, -0.1) is 0 Å². The first kappa shape index (κ1) is 16.8. The summed E-state index contributed by atoms with van der Waals surface area (Å²) in [5.41, 5.74) is 2.86. The van der Waals surface area contributed by atoms with Gasteiger partial charge in [0.2, 0.25) is 0 Å². The highest BCUT2D eigenvalue weighted by molar-refractivity contribution is 5.68. The van der Waals surface area contributed by atoms with Crippen molar-refractivity contribution in [1.29, 1.82) is 0 Å². The molecule has 0 aliphatic rings. The molecule has 0 bridgehead atoms. The molecule has 3 rings (SSSR count). The molecule has 1 N–H and O–H groups in total. The Kier molecular flexibility index (Phi) is 4.88. The lowest BCUT2D eigenvalue weighted by molar-refractivity contribution is 0.240. The SMILES string of the molecule is Cc1nccc(Nc2cc(-c3cnc(C)c(OC(C)C)c3)ccn2)n1. The highest BCUT2D eigenvalue weighted by atomic mass is 16.5. The maximum Gasteiger partial charge on any atom is 0.141 e. The van der Waals surface area contributed by atoms with Crippen LogP contribution in [-0.4, -0.2) is 26.0 Å². The lowest BCUT2D eigenvalue weighted by Crippen LogP contribution is -2.07. The first-order valence-electron chi connectivity index (χ1n) is 8.17. The van der Waals surface area contributed by atoms with Gasteiger partial charge in [0, 0.05) is 24.2 Å². The molecule has 3 aromatic rings. The number of ether oxygens (including phenoxy) is 1. The van der Waals surface area contributed by atoms with E-state index in [0.717, 1.165) is 22.6 Å². The third-order valence-corrected chi connectivity index (χ3v) is 3.53. The molecule has 6 heteroatoms. The molecule has 0 radical (unpaired) electrons. The minimum absolute atomic E-state index is 0.103. The van der Waals surface area contributed by atoms with E-state index in [0.29, 0.717) is 17.5 Å². The Balaban J connectivity index is 1.88. The predicted molar refractivity (Wildman–Crippen MR) is 98.0 cm³/mol. The molecule has 25 heavy (non-hydrogen) atoms. The van der Waals surface area contributed by atoms with Gasteiger partial charge in [-0.05, 0) is 57.5 Å². The molecule has 3 aromatic heterocycles. The van der Waals surface area contributed by atoms with E-state index < -0.39 is 0 Å². The summed E-state index contributed by atoms with van der Waals surface area (Å²) in [4.78, 5) is 17.2. The van der Waals surface area contributed by atoms with Crippen molar-refractivity contribution in [1.82, 2.24) is 19.9 Å². The minimum Gasteiger partial charge on any atom is -0.489 e. The Bertz CT molecular complexity index is 879. The van der Waals surface area contributed by atoms with Gasteiger partial charge in [-0.3, -0.25) is 4.98 Å². The van der Waals surface area contributed by atoms with E-state index in [1.165, 1.54) is 0 Å². The second kappa shape index (κ2) is 7.25. The highest BCUT2D eigenvalue weighted by Crippen LogP contribution is 2.27. The summed E-state index contributed by atoms with van der Waals surface area (Å²) in [5.74, 6) is 2.93. The molecule has 0 atom stereocenters. The number of aromatic nitrogens is 4. The van der Waals surface area contributed by atoms with E-state index in [1.54, 1.807) is 12.4 Å². The van der Waals surface area contributed by atoms with Crippen LogP contribution in [0.4, 0.5) is 11.6 Å². The lowest BCUT2D eigenvalue weighted by Gasteiger charge is -2.13. The van der Waals surface area contributed by atoms with Gasteiger partial charge < -0.3 is 10.1 Å². The number of aryl methyl sites for hydroxylation is 2. The van der Waals surface area contributed by atoms with Crippen LogP contribution < -0.4 is 10.1 Å². The van der Waals surface area contributed by atoms with Crippen LogP contribution in [0.3, 0.4) is 0 Å². The second-order valence-electron chi connectivity index (χ2n) is 6.02. The first-order valence-corrected chi connectivity index (χ1v) is 8.17. The Labute approximate surface area is 147 Å². The molecule has 0 saturated heterocycles. The molecule has 0 aliphatic heterocycles. The zero-order valence-electron chi connectivity index (χ0n) is 14.8. The Hall–Kier alpha value is -3.02. The van der Waals surface area contributed by atoms with Crippen LogP contribution in [0.2, 0.25) is 0 Å². The predicted octanol–water partition coefficient (Wildman–Crippen LogP) is 4.08. The first-order chi connectivity index (χ1) is 12.0. The number of nitrogens with one attached hydrogen (secondary N) is 1. The summed E-state index contributed by atoms with van der Waals surface area (Å²) in [6.07, 6.45) is 5.42. The Morgan fingerprint density at radius 3 is 2.48 bits per heavy atom. The largest absolute Gasteiger partial charge is 0.489 e. The van der Waals surface area contributed by atoms with Crippen molar-refractivity contribution < 1.29 is 4.74 Å². The third-order valence-electron chi connectivity index (χ3n) is 3.53. The van der Waals surface area contributed by atoms with Crippen LogP contribution in [0.5, 0.6) is 5.75 Å². The third kappa shape index (κ3) is 4.29.